The third-order valence-corrected chi connectivity index (χ3v) is 4.71. The van der Waals surface area contributed by atoms with Gasteiger partial charge in [-0.25, -0.2) is 4.79 Å². The highest BCUT2D eigenvalue weighted by atomic mass is 16.5. The molecule has 31 heavy (non-hydrogen) atoms. The zero-order valence-corrected chi connectivity index (χ0v) is 18.4. The lowest BCUT2D eigenvalue weighted by Crippen LogP contribution is -2.06. The van der Waals surface area contributed by atoms with Gasteiger partial charge in [-0.1, -0.05) is 13.8 Å². The minimum absolute atomic E-state index is 0.0262. The summed E-state index contributed by atoms with van der Waals surface area (Å²) >= 11 is 0. The van der Waals surface area contributed by atoms with Gasteiger partial charge in [0, 0.05) is 18.1 Å². The molecule has 0 aliphatic rings. The van der Waals surface area contributed by atoms with Crippen LogP contribution in [0.4, 0.5) is 0 Å². The van der Waals surface area contributed by atoms with Crippen molar-refractivity contribution < 1.29 is 34.0 Å². The molecule has 0 amide bonds. The monoisotopic (exact) mass is 430 g/mol. The third-order valence-electron chi connectivity index (χ3n) is 4.71. The van der Waals surface area contributed by atoms with Crippen LogP contribution in [0.1, 0.15) is 59.4 Å². The Labute approximate surface area is 182 Å². The summed E-state index contributed by atoms with van der Waals surface area (Å²) in [5, 5.41) is 20.2. The predicted octanol–water partition coefficient (Wildman–Crippen LogP) is 4.66. The number of hydrogen-bond donors (Lipinski definition) is 2. The predicted molar refractivity (Wildman–Crippen MR) is 116 cm³/mol. The van der Waals surface area contributed by atoms with Gasteiger partial charge in [0.15, 0.2) is 5.78 Å². The Morgan fingerprint density at radius 2 is 1.61 bits per heavy atom. The summed E-state index contributed by atoms with van der Waals surface area (Å²) in [6.07, 6.45) is 1.80. The van der Waals surface area contributed by atoms with E-state index < -0.39 is 5.97 Å². The van der Waals surface area contributed by atoms with E-state index in [1.807, 2.05) is 13.8 Å². The second-order valence-corrected chi connectivity index (χ2v) is 7.68. The van der Waals surface area contributed by atoms with Crippen molar-refractivity contribution in [2.24, 2.45) is 5.92 Å². The van der Waals surface area contributed by atoms with E-state index in [0.717, 1.165) is 0 Å². The van der Waals surface area contributed by atoms with E-state index in [9.17, 15) is 19.8 Å². The largest absolute Gasteiger partial charge is 0.507 e. The maximum Gasteiger partial charge on any atom is 0.341 e. The van der Waals surface area contributed by atoms with E-state index in [1.54, 1.807) is 25.1 Å². The first-order chi connectivity index (χ1) is 14.7. The Hall–Kier alpha value is -3.22. The summed E-state index contributed by atoms with van der Waals surface area (Å²) < 4.78 is 15.9. The molecule has 2 aromatic rings. The number of esters is 1. The van der Waals surface area contributed by atoms with Crippen molar-refractivity contribution in [3.63, 3.8) is 0 Å². The average molecular weight is 430 g/mol. The van der Waals surface area contributed by atoms with Crippen LogP contribution in [0.25, 0.3) is 0 Å². The van der Waals surface area contributed by atoms with Gasteiger partial charge in [-0.15, -0.1) is 0 Å². The van der Waals surface area contributed by atoms with Gasteiger partial charge in [-0.05, 0) is 49.9 Å². The van der Waals surface area contributed by atoms with E-state index in [4.69, 9.17) is 9.47 Å². The van der Waals surface area contributed by atoms with Crippen LogP contribution in [0.5, 0.6) is 23.0 Å². The molecule has 0 bridgehead atoms. The first-order valence-electron chi connectivity index (χ1n) is 10.3. The zero-order chi connectivity index (χ0) is 23.0. The fourth-order valence-corrected chi connectivity index (χ4v) is 3.00. The number of benzene rings is 2. The smallest absolute Gasteiger partial charge is 0.341 e. The molecule has 0 unspecified atom stereocenters. The van der Waals surface area contributed by atoms with Gasteiger partial charge in [0.1, 0.15) is 28.6 Å². The van der Waals surface area contributed by atoms with Crippen molar-refractivity contribution >= 4 is 11.8 Å². The molecule has 0 aliphatic carbocycles. The SMILES string of the molecule is COC(=O)c1ccc(OCCCCOc2ccc(C(=O)CC(C)C)c(O)c2C)cc1O. The van der Waals surface area contributed by atoms with Gasteiger partial charge >= 0.3 is 5.97 Å². The molecule has 2 rings (SSSR count). The molecule has 0 heterocycles. The van der Waals surface area contributed by atoms with Crippen LogP contribution in [0, 0.1) is 12.8 Å². The van der Waals surface area contributed by atoms with Crippen LogP contribution in [0.2, 0.25) is 0 Å². The van der Waals surface area contributed by atoms with E-state index >= 15 is 0 Å². The molecule has 0 aromatic heterocycles. The number of hydrogen-bond acceptors (Lipinski definition) is 7. The first-order valence-corrected chi connectivity index (χ1v) is 10.3. The van der Waals surface area contributed by atoms with Crippen LogP contribution < -0.4 is 9.47 Å². The highest BCUT2D eigenvalue weighted by molar-refractivity contribution is 5.99. The number of methoxy groups -OCH3 is 1. The highest BCUT2D eigenvalue weighted by Gasteiger charge is 2.17. The van der Waals surface area contributed by atoms with Crippen LogP contribution in [0.15, 0.2) is 30.3 Å². The second kappa shape index (κ2) is 11.2. The summed E-state index contributed by atoms with van der Waals surface area (Å²) in [7, 11) is 1.25. The maximum atomic E-state index is 12.2. The van der Waals surface area contributed by atoms with Crippen LogP contribution in [0.3, 0.4) is 0 Å². The molecule has 7 nitrogen and oxygen atoms in total. The number of carbonyl (C=O) groups is 2. The van der Waals surface area contributed by atoms with Gasteiger partial charge < -0.3 is 24.4 Å². The second-order valence-electron chi connectivity index (χ2n) is 7.68. The Morgan fingerprint density at radius 3 is 2.23 bits per heavy atom. The van der Waals surface area contributed by atoms with E-state index in [2.05, 4.69) is 4.74 Å². The molecule has 7 heteroatoms. The van der Waals surface area contributed by atoms with E-state index in [1.165, 1.54) is 19.2 Å². The number of carbonyl (C=O) groups excluding carboxylic acids is 2. The number of ether oxygens (including phenoxy) is 3. The fourth-order valence-electron chi connectivity index (χ4n) is 3.00. The standard InChI is InChI=1S/C24H30O7/c1-15(2)13-20(25)18-9-10-22(16(3)23(18)27)31-12-6-5-11-30-17-7-8-19(21(26)14-17)24(28)29-4/h7-10,14-15,26-27H,5-6,11-13H2,1-4H3. The number of unbranched alkanes of at least 4 members (excludes halogenated alkanes) is 1. The van der Waals surface area contributed by atoms with Gasteiger partial charge in [0.2, 0.25) is 0 Å². The number of Topliss-reactive ketones (excluding diaryl/α,β-unsaturated/α-hetero) is 1. The summed E-state index contributed by atoms with van der Waals surface area (Å²) in [6.45, 7) is 6.49. The fraction of sp³-hybridized carbons (Fsp3) is 0.417. The molecule has 0 fully saturated rings. The molecular formula is C24H30O7. The normalized spacial score (nSPS) is 10.7. The Kier molecular flexibility index (Phi) is 8.73. The summed E-state index contributed by atoms with van der Waals surface area (Å²) in [5.74, 6) is 0.307. The Morgan fingerprint density at radius 1 is 0.968 bits per heavy atom. The van der Waals surface area contributed by atoms with Crippen molar-refractivity contribution in [3.05, 3.63) is 47.0 Å². The molecule has 0 saturated carbocycles. The van der Waals surface area contributed by atoms with E-state index in [-0.39, 0.29) is 28.8 Å². The molecule has 0 aliphatic heterocycles. The molecule has 2 aromatic carbocycles. The van der Waals surface area contributed by atoms with Crippen molar-refractivity contribution in [1.82, 2.24) is 0 Å². The average Bonchev–Trinajstić information content (AvgIpc) is 2.72. The first kappa shape index (κ1) is 24.1. The lowest BCUT2D eigenvalue weighted by Gasteiger charge is -2.13. The molecule has 0 saturated heterocycles. The third kappa shape index (κ3) is 6.64. The quantitative estimate of drug-likeness (QED) is 0.304. The van der Waals surface area contributed by atoms with Crippen LogP contribution in [-0.4, -0.2) is 42.3 Å². The van der Waals surface area contributed by atoms with Crippen molar-refractivity contribution in [3.8, 4) is 23.0 Å². The minimum atomic E-state index is -0.611. The maximum absolute atomic E-state index is 12.2. The Bertz CT molecular complexity index is 918. The molecule has 0 atom stereocenters. The lowest BCUT2D eigenvalue weighted by atomic mass is 9.98. The Balaban J connectivity index is 1.79. The topological polar surface area (TPSA) is 102 Å². The lowest BCUT2D eigenvalue weighted by molar-refractivity contribution is 0.0597. The molecule has 168 valence electrons. The number of rotatable bonds is 11. The molecule has 0 radical (unpaired) electrons. The van der Waals surface area contributed by atoms with Crippen LogP contribution in [-0.2, 0) is 4.74 Å². The van der Waals surface area contributed by atoms with Crippen LogP contribution >= 0.6 is 0 Å². The summed E-state index contributed by atoms with van der Waals surface area (Å²) in [4.78, 5) is 23.7. The summed E-state index contributed by atoms with van der Waals surface area (Å²) in [5.41, 5.74) is 0.958. The number of aromatic hydroxyl groups is 2. The van der Waals surface area contributed by atoms with Gasteiger partial charge in [0.05, 0.1) is 25.9 Å². The molecule has 2 N–H and O–H groups in total. The number of phenols is 2. The van der Waals surface area contributed by atoms with Gasteiger partial charge in [0.25, 0.3) is 0 Å². The summed E-state index contributed by atoms with van der Waals surface area (Å²) in [6, 6.07) is 7.74. The molecule has 0 spiro atoms. The number of phenolic OH excluding ortho intramolecular Hbond substituents is 2. The zero-order valence-electron chi connectivity index (χ0n) is 18.4. The van der Waals surface area contributed by atoms with Gasteiger partial charge in [-0.3, -0.25) is 4.79 Å². The minimum Gasteiger partial charge on any atom is -0.507 e. The van der Waals surface area contributed by atoms with Crippen molar-refractivity contribution in [1.29, 1.82) is 0 Å². The highest BCUT2D eigenvalue weighted by Crippen LogP contribution is 2.32. The van der Waals surface area contributed by atoms with Crippen molar-refractivity contribution in [2.45, 2.75) is 40.0 Å². The van der Waals surface area contributed by atoms with Crippen molar-refractivity contribution in [2.75, 3.05) is 20.3 Å². The van der Waals surface area contributed by atoms with Gasteiger partial charge in [-0.2, -0.15) is 0 Å². The van der Waals surface area contributed by atoms with E-state index in [0.29, 0.717) is 55.1 Å². The number of ketones is 1. The molecular weight excluding hydrogens is 400 g/mol.